The van der Waals surface area contributed by atoms with E-state index < -0.39 is 10.4 Å². The highest BCUT2D eigenvalue weighted by Gasteiger charge is 2.24. The van der Waals surface area contributed by atoms with Crippen molar-refractivity contribution in [3.63, 3.8) is 0 Å². The lowest BCUT2D eigenvalue weighted by Crippen LogP contribution is -2.29. The zero-order valence-corrected chi connectivity index (χ0v) is 14.8. The van der Waals surface area contributed by atoms with Crippen molar-refractivity contribution in [2.45, 2.75) is 6.04 Å². The van der Waals surface area contributed by atoms with E-state index in [0.717, 1.165) is 12.8 Å². The van der Waals surface area contributed by atoms with Gasteiger partial charge in [0, 0.05) is 19.4 Å². The maximum Gasteiger partial charge on any atom is 0.397 e. The van der Waals surface area contributed by atoms with Gasteiger partial charge in [-0.05, 0) is 11.1 Å². The number of hydrogen-bond acceptors (Lipinski definition) is 5. The number of likely N-dealkylation sites (N-methyl/N-ethyl adjacent to an activating group) is 1. The predicted molar refractivity (Wildman–Crippen MR) is 97.6 cm³/mol. The van der Waals surface area contributed by atoms with Gasteiger partial charge in [0.25, 0.3) is 0 Å². The van der Waals surface area contributed by atoms with Crippen molar-refractivity contribution >= 4 is 16.1 Å². The lowest BCUT2D eigenvalue weighted by atomic mass is 9.95. The van der Waals surface area contributed by atoms with Crippen LogP contribution in [0.15, 0.2) is 78.1 Å². The zero-order valence-electron chi connectivity index (χ0n) is 14.0. The van der Waals surface area contributed by atoms with E-state index in [9.17, 15) is 8.42 Å². The molecule has 0 fully saturated rings. The smallest absolute Gasteiger partial charge is 0.366 e. The highest BCUT2D eigenvalue weighted by molar-refractivity contribution is 7.80. The molecular weight excluding hydrogens is 340 g/mol. The normalized spacial score (nSPS) is 16.7. The Hall–Kier alpha value is -2.48. The second-order valence-electron chi connectivity index (χ2n) is 5.25. The minimum atomic E-state index is -4.16. The van der Waals surface area contributed by atoms with Gasteiger partial charge in [0.2, 0.25) is 0 Å². The molecule has 0 aromatic heterocycles. The lowest BCUT2D eigenvalue weighted by Gasteiger charge is -2.31. The first kappa shape index (κ1) is 18.9. The van der Waals surface area contributed by atoms with Gasteiger partial charge < -0.3 is 4.90 Å². The summed E-state index contributed by atoms with van der Waals surface area (Å²) in [5.74, 6) is 0. The molecule has 0 aliphatic carbocycles. The summed E-state index contributed by atoms with van der Waals surface area (Å²) in [4.78, 5) is 6.80. The fourth-order valence-corrected chi connectivity index (χ4v) is 2.44. The van der Waals surface area contributed by atoms with E-state index in [0.29, 0.717) is 0 Å². The fraction of sp³-hybridized carbons (Fsp3) is 0.167. The van der Waals surface area contributed by atoms with Crippen LogP contribution in [0.25, 0.3) is 0 Å². The highest BCUT2D eigenvalue weighted by Crippen LogP contribution is 2.27. The van der Waals surface area contributed by atoms with Gasteiger partial charge in [-0.3, -0.25) is 13.7 Å². The first-order chi connectivity index (χ1) is 11.9. The summed E-state index contributed by atoms with van der Waals surface area (Å²) in [5, 5.41) is 0. The molecule has 0 saturated heterocycles. The van der Waals surface area contributed by atoms with Crippen LogP contribution in [0.4, 0.5) is 0 Å². The minimum absolute atomic E-state index is 0.175. The number of benzene rings is 2. The third-order valence-electron chi connectivity index (χ3n) is 3.58. The maximum absolute atomic E-state index is 9.33. The molecule has 132 valence electrons. The Balaban J connectivity index is 0.000000326. The van der Waals surface area contributed by atoms with Crippen LogP contribution in [0.3, 0.4) is 0 Å². The predicted octanol–water partition coefficient (Wildman–Crippen LogP) is 3.07. The molecular formula is C18H20N2O4S. The van der Waals surface area contributed by atoms with Crippen molar-refractivity contribution in [3.8, 4) is 0 Å². The molecule has 2 aromatic rings. The Labute approximate surface area is 148 Å². The molecule has 6 nitrogen and oxygen atoms in total. The molecule has 0 amide bonds. The summed E-state index contributed by atoms with van der Waals surface area (Å²) in [6, 6.07) is 21.0. The number of rotatable bonds is 3. The second kappa shape index (κ2) is 8.57. The van der Waals surface area contributed by atoms with Gasteiger partial charge >= 0.3 is 10.4 Å². The summed E-state index contributed by atoms with van der Waals surface area (Å²) in [7, 11) is -1.20. The van der Waals surface area contributed by atoms with Crippen molar-refractivity contribution in [2.24, 2.45) is 4.99 Å². The SMILES string of the molecule is CN1C=CN=C(c2ccccc2)C1c1ccccc1.COS(=O)(=O)O. The molecule has 1 heterocycles. The van der Waals surface area contributed by atoms with E-state index in [1.807, 2.05) is 24.5 Å². The molecule has 1 unspecified atom stereocenters. The standard InChI is InChI=1S/C17H16N2.CH4O4S/c1-19-13-12-18-16(14-8-4-2-5-9-14)17(19)15-10-6-3-7-11-15;1-5-6(2,3)4/h2-13,17H,1H3;1H3,(H,2,3,4). The van der Waals surface area contributed by atoms with E-state index in [4.69, 9.17) is 4.55 Å². The number of nitrogens with zero attached hydrogens (tertiary/aromatic N) is 2. The molecule has 1 atom stereocenters. The van der Waals surface area contributed by atoms with Gasteiger partial charge in [-0.1, -0.05) is 60.7 Å². The Morgan fingerprint density at radius 2 is 1.56 bits per heavy atom. The molecule has 1 aliphatic rings. The van der Waals surface area contributed by atoms with Crippen LogP contribution >= 0.6 is 0 Å². The van der Waals surface area contributed by atoms with Crippen molar-refractivity contribution in [1.82, 2.24) is 4.90 Å². The van der Waals surface area contributed by atoms with Crippen molar-refractivity contribution < 1.29 is 17.2 Å². The number of aliphatic imine (C=N–C) groups is 1. The van der Waals surface area contributed by atoms with E-state index in [2.05, 4.69) is 69.7 Å². The van der Waals surface area contributed by atoms with Gasteiger partial charge in [-0.2, -0.15) is 8.42 Å². The van der Waals surface area contributed by atoms with Crippen LogP contribution in [-0.4, -0.2) is 37.7 Å². The maximum atomic E-state index is 9.33. The fourth-order valence-electron chi connectivity index (χ4n) is 2.44. The average Bonchev–Trinajstić information content (AvgIpc) is 2.63. The third-order valence-corrected chi connectivity index (χ3v) is 4.00. The van der Waals surface area contributed by atoms with Gasteiger partial charge in [0.1, 0.15) is 0 Å². The molecule has 0 bridgehead atoms. The Bertz CT molecular complexity index is 834. The molecule has 7 heteroatoms. The van der Waals surface area contributed by atoms with Crippen molar-refractivity contribution in [1.29, 1.82) is 0 Å². The van der Waals surface area contributed by atoms with E-state index in [1.54, 1.807) is 0 Å². The second-order valence-corrected chi connectivity index (χ2v) is 6.44. The van der Waals surface area contributed by atoms with Gasteiger partial charge in [0.15, 0.2) is 0 Å². The Morgan fingerprint density at radius 3 is 2.08 bits per heavy atom. The van der Waals surface area contributed by atoms with Crippen molar-refractivity contribution in [3.05, 3.63) is 84.2 Å². The molecule has 0 spiro atoms. The first-order valence-electron chi connectivity index (χ1n) is 7.52. The molecule has 2 aromatic carbocycles. The topological polar surface area (TPSA) is 79.2 Å². The van der Waals surface area contributed by atoms with Gasteiger partial charge in [0.05, 0.1) is 18.9 Å². The number of hydrogen-bond donors (Lipinski definition) is 1. The summed E-state index contributed by atoms with van der Waals surface area (Å²) in [5.41, 5.74) is 3.53. The summed E-state index contributed by atoms with van der Waals surface area (Å²) < 4.78 is 29.7. The van der Waals surface area contributed by atoms with E-state index >= 15 is 0 Å². The molecule has 1 aliphatic heterocycles. The van der Waals surface area contributed by atoms with Crippen LogP contribution in [0.1, 0.15) is 17.2 Å². The van der Waals surface area contributed by atoms with Gasteiger partial charge in [-0.25, -0.2) is 0 Å². The van der Waals surface area contributed by atoms with Crippen LogP contribution in [0, 0.1) is 0 Å². The summed E-state index contributed by atoms with van der Waals surface area (Å²) in [6.07, 6.45) is 3.88. The molecule has 1 N–H and O–H groups in total. The Kier molecular flexibility index (Phi) is 6.46. The Morgan fingerprint density at radius 1 is 1.04 bits per heavy atom. The summed E-state index contributed by atoms with van der Waals surface area (Å²) in [6.45, 7) is 0. The first-order valence-corrected chi connectivity index (χ1v) is 8.88. The lowest BCUT2D eigenvalue weighted by molar-refractivity contribution is 0.324. The molecule has 0 radical (unpaired) electrons. The molecule has 3 rings (SSSR count). The summed E-state index contributed by atoms with van der Waals surface area (Å²) >= 11 is 0. The molecule has 25 heavy (non-hydrogen) atoms. The van der Waals surface area contributed by atoms with Crippen LogP contribution in [0.2, 0.25) is 0 Å². The van der Waals surface area contributed by atoms with Crippen molar-refractivity contribution in [2.75, 3.05) is 14.2 Å². The van der Waals surface area contributed by atoms with E-state index in [1.165, 1.54) is 11.1 Å². The largest absolute Gasteiger partial charge is 0.397 e. The third kappa shape index (κ3) is 5.53. The quantitative estimate of drug-likeness (QED) is 0.851. The molecule has 0 saturated carbocycles. The van der Waals surface area contributed by atoms with Crippen LogP contribution in [0.5, 0.6) is 0 Å². The minimum Gasteiger partial charge on any atom is -0.366 e. The highest BCUT2D eigenvalue weighted by atomic mass is 32.3. The van der Waals surface area contributed by atoms with E-state index in [-0.39, 0.29) is 6.04 Å². The average molecular weight is 360 g/mol. The van der Waals surface area contributed by atoms with Crippen LogP contribution < -0.4 is 0 Å². The van der Waals surface area contributed by atoms with Gasteiger partial charge in [-0.15, -0.1) is 0 Å². The zero-order chi connectivity index (χ0) is 18.3. The monoisotopic (exact) mass is 360 g/mol. The van der Waals surface area contributed by atoms with Crippen LogP contribution in [-0.2, 0) is 14.6 Å².